The van der Waals surface area contributed by atoms with Gasteiger partial charge in [-0.1, -0.05) is 65.8 Å². The number of ether oxygens (including phenoxy) is 2. The third-order valence-electron chi connectivity index (χ3n) is 6.48. The van der Waals surface area contributed by atoms with E-state index in [-0.39, 0.29) is 34.9 Å². The number of anilines is 1. The van der Waals surface area contributed by atoms with Gasteiger partial charge in [-0.15, -0.1) is 0 Å². The molecular weight excluding hydrogens is 490 g/mol. The quantitative estimate of drug-likeness (QED) is 0.386. The highest BCUT2D eigenvalue weighted by molar-refractivity contribution is 6.16. The van der Waals surface area contributed by atoms with Gasteiger partial charge in [-0.3, -0.25) is 9.59 Å². The van der Waals surface area contributed by atoms with E-state index in [1.807, 2.05) is 36.4 Å². The molecule has 204 valence electrons. The summed E-state index contributed by atoms with van der Waals surface area (Å²) in [6, 6.07) is 22.8. The van der Waals surface area contributed by atoms with Gasteiger partial charge in [0.25, 0.3) is 11.8 Å². The van der Waals surface area contributed by atoms with Crippen LogP contribution in [0.5, 0.6) is 17.2 Å². The predicted octanol–water partition coefficient (Wildman–Crippen LogP) is 6.71. The maximum Gasteiger partial charge on any atom is 0.266 e. The van der Waals surface area contributed by atoms with Crippen LogP contribution in [0.1, 0.15) is 66.0 Å². The van der Waals surface area contributed by atoms with E-state index in [9.17, 15) is 9.59 Å². The molecule has 0 saturated carbocycles. The fraction of sp³-hybridized carbons (Fsp3) is 0.344. The van der Waals surface area contributed by atoms with E-state index in [0.29, 0.717) is 17.2 Å². The molecule has 2 amide bonds. The summed E-state index contributed by atoms with van der Waals surface area (Å²) >= 11 is 0. The van der Waals surface area contributed by atoms with Gasteiger partial charge in [0, 0.05) is 0 Å². The van der Waals surface area contributed by atoms with Crippen LogP contribution in [0.15, 0.2) is 77.9 Å². The Labute approximate surface area is 230 Å². The first kappa shape index (κ1) is 27.9. The van der Waals surface area contributed by atoms with Gasteiger partial charge >= 0.3 is 0 Å². The second kappa shape index (κ2) is 10.9. The summed E-state index contributed by atoms with van der Waals surface area (Å²) in [6.45, 7) is 14.6. The Morgan fingerprint density at radius 1 is 0.795 bits per heavy atom. The lowest BCUT2D eigenvalue weighted by atomic mass is 9.87. The van der Waals surface area contributed by atoms with Crippen LogP contribution in [0.4, 0.5) is 5.69 Å². The second-order valence-corrected chi connectivity index (χ2v) is 11.8. The molecule has 0 aliphatic carbocycles. The molecule has 0 radical (unpaired) electrons. The smallest absolute Gasteiger partial charge is 0.266 e. The van der Waals surface area contributed by atoms with Crippen molar-refractivity contribution < 1.29 is 19.1 Å². The fourth-order valence-corrected chi connectivity index (χ4v) is 4.05. The van der Waals surface area contributed by atoms with Crippen molar-refractivity contribution in [2.75, 3.05) is 5.01 Å². The maximum absolute atomic E-state index is 12.7. The zero-order valence-electron chi connectivity index (χ0n) is 23.7. The number of amidine groups is 1. The fourth-order valence-electron chi connectivity index (χ4n) is 4.05. The number of nitrogens with one attached hydrogen (secondary N) is 1. The van der Waals surface area contributed by atoms with Crippen LogP contribution in [0.25, 0.3) is 0 Å². The van der Waals surface area contributed by atoms with Crippen molar-refractivity contribution in [3.05, 3.63) is 83.9 Å². The number of hydrazone groups is 1. The summed E-state index contributed by atoms with van der Waals surface area (Å²) < 4.78 is 11.8. The summed E-state index contributed by atoms with van der Waals surface area (Å²) in [7, 11) is 0. The Bertz CT molecular complexity index is 1350. The van der Waals surface area contributed by atoms with Crippen LogP contribution in [0, 0.1) is 0 Å². The third kappa shape index (κ3) is 7.05. The van der Waals surface area contributed by atoms with E-state index in [2.05, 4.69) is 64.1 Å². The standard InChI is InChI=1S/C32H37N3O4/c1-21(38-25-14-8-22(9-15-25)31(2,3)4)30(37)33-28-20-29(36)35(34-28)24-12-18-27(19-13-24)39-26-16-10-23(11-17-26)32(5,6)7/h8-19,21H,20H2,1-7H3,(H,33,34,37). The average molecular weight is 528 g/mol. The molecule has 1 heterocycles. The van der Waals surface area contributed by atoms with Gasteiger partial charge < -0.3 is 14.8 Å². The molecule has 1 unspecified atom stereocenters. The van der Waals surface area contributed by atoms with Crippen molar-refractivity contribution >= 4 is 23.3 Å². The number of nitrogens with zero attached hydrogens (tertiary/aromatic N) is 2. The number of carbonyl (C=O) groups excluding carboxylic acids is 2. The lowest BCUT2D eigenvalue weighted by Crippen LogP contribution is -2.39. The molecule has 0 aromatic heterocycles. The van der Waals surface area contributed by atoms with Crippen LogP contribution in [0.2, 0.25) is 0 Å². The minimum Gasteiger partial charge on any atom is -0.481 e. The molecule has 1 aliphatic heterocycles. The van der Waals surface area contributed by atoms with Gasteiger partial charge in [0.15, 0.2) is 6.10 Å². The molecule has 7 nitrogen and oxygen atoms in total. The van der Waals surface area contributed by atoms with Crippen LogP contribution in [-0.2, 0) is 20.4 Å². The van der Waals surface area contributed by atoms with Crippen LogP contribution in [-0.4, -0.2) is 23.8 Å². The van der Waals surface area contributed by atoms with Crippen molar-refractivity contribution in [2.24, 2.45) is 5.10 Å². The van der Waals surface area contributed by atoms with Crippen molar-refractivity contribution in [3.8, 4) is 17.2 Å². The molecule has 0 fully saturated rings. The zero-order chi connectivity index (χ0) is 28.4. The Kier molecular flexibility index (Phi) is 7.82. The molecule has 3 aromatic carbocycles. The first-order valence-electron chi connectivity index (χ1n) is 13.2. The molecule has 1 N–H and O–H groups in total. The SMILES string of the molecule is CC(Oc1ccc(C(C)(C)C)cc1)C(=O)NC1=NN(c2ccc(Oc3ccc(C(C)(C)C)cc3)cc2)C(=O)C1. The predicted molar refractivity (Wildman–Crippen MR) is 155 cm³/mol. The van der Waals surface area contributed by atoms with Gasteiger partial charge in [0.2, 0.25) is 0 Å². The molecule has 0 saturated heterocycles. The minimum absolute atomic E-state index is 0.00286. The van der Waals surface area contributed by atoms with E-state index in [4.69, 9.17) is 9.47 Å². The Balaban J connectivity index is 1.34. The van der Waals surface area contributed by atoms with Crippen LogP contribution < -0.4 is 19.8 Å². The largest absolute Gasteiger partial charge is 0.481 e. The first-order valence-corrected chi connectivity index (χ1v) is 13.2. The molecule has 39 heavy (non-hydrogen) atoms. The van der Waals surface area contributed by atoms with Gasteiger partial charge in [-0.25, -0.2) is 0 Å². The summed E-state index contributed by atoms with van der Waals surface area (Å²) in [6.07, 6.45) is -0.761. The Morgan fingerprint density at radius 2 is 1.26 bits per heavy atom. The summed E-state index contributed by atoms with van der Waals surface area (Å²) in [5.41, 5.74) is 3.11. The number of carbonyl (C=O) groups is 2. The highest BCUT2D eigenvalue weighted by atomic mass is 16.5. The average Bonchev–Trinajstić information content (AvgIpc) is 3.23. The molecule has 7 heteroatoms. The topological polar surface area (TPSA) is 80.2 Å². The number of hydrogen-bond acceptors (Lipinski definition) is 5. The van der Waals surface area contributed by atoms with Gasteiger partial charge in [0.1, 0.15) is 23.1 Å². The number of amides is 2. The maximum atomic E-state index is 12.7. The lowest BCUT2D eigenvalue weighted by Gasteiger charge is -2.20. The minimum atomic E-state index is -0.758. The van der Waals surface area contributed by atoms with E-state index in [1.165, 1.54) is 16.1 Å². The van der Waals surface area contributed by atoms with E-state index in [1.54, 1.807) is 31.2 Å². The van der Waals surface area contributed by atoms with Crippen molar-refractivity contribution in [1.29, 1.82) is 0 Å². The highest BCUT2D eigenvalue weighted by Gasteiger charge is 2.28. The first-order chi connectivity index (χ1) is 18.3. The number of benzene rings is 3. The highest BCUT2D eigenvalue weighted by Crippen LogP contribution is 2.29. The van der Waals surface area contributed by atoms with Gasteiger partial charge in [0.05, 0.1) is 12.1 Å². The molecule has 0 bridgehead atoms. The number of rotatable bonds is 6. The van der Waals surface area contributed by atoms with Gasteiger partial charge in [-0.2, -0.15) is 10.1 Å². The van der Waals surface area contributed by atoms with Crippen molar-refractivity contribution in [2.45, 2.75) is 71.8 Å². The van der Waals surface area contributed by atoms with Gasteiger partial charge in [-0.05, 0) is 77.4 Å². The van der Waals surface area contributed by atoms with Crippen molar-refractivity contribution in [1.82, 2.24) is 5.32 Å². The van der Waals surface area contributed by atoms with E-state index in [0.717, 1.165) is 5.75 Å². The Hall–Kier alpha value is -4.13. The molecular formula is C32H37N3O4. The monoisotopic (exact) mass is 527 g/mol. The summed E-state index contributed by atoms with van der Waals surface area (Å²) in [5.74, 6) is 1.66. The van der Waals surface area contributed by atoms with Crippen LogP contribution in [0.3, 0.4) is 0 Å². The number of hydrogen-bond donors (Lipinski definition) is 1. The summed E-state index contributed by atoms with van der Waals surface area (Å²) in [4.78, 5) is 25.3. The van der Waals surface area contributed by atoms with Crippen LogP contribution >= 0.6 is 0 Å². The van der Waals surface area contributed by atoms with E-state index < -0.39 is 6.10 Å². The molecule has 3 aromatic rings. The third-order valence-corrected chi connectivity index (χ3v) is 6.48. The Morgan fingerprint density at radius 3 is 1.74 bits per heavy atom. The van der Waals surface area contributed by atoms with E-state index >= 15 is 0 Å². The zero-order valence-corrected chi connectivity index (χ0v) is 23.7. The lowest BCUT2D eigenvalue weighted by molar-refractivity contribution is -0.125. The molecule has 4 rings (SSSR count). The second-order valence-electron chi connectivity index (χ2n) is 11.8. The van der Waals surface area contributed by atoms with Crippen molar-refractivity contribution in [3.63, 3.8) is 0 Å². The molecule has 1 aliphatic rings. The normalized spacial score (nSPS) is 14.6. The molecule has 0 spiro atoms. The molecule has 1 atom stereocenters. The summed E-state index contributed by atoms with van der Waals surface area (Å²) in [5, 5.41) is 8.33.